The minimum Gasteiger partial charge on any atom is -0.456 e. The van der Waals surface area contributed by atoms with Crippen molar-refractivity contribution in [2.45, 2.75) is 38.5 Å². The molecule has 2 nitrogen and oxygen atoms in total. The second kappa shape index (κ2) is 10.3. The van der Waals surface area contributed by atoms with E-state index in [4.69, 9.17) is 4.42 Å². The summed E-state index contributed by atoms with van der Waals surface area (Å²) in [5, 5.41) is 2.27. The van der Waals surface area contributed by atoms with Crippen molar-refractivity contribution in [1.29, 1.82) is 0 Å². The Balaban J connectivity index is 1.29. The summed E-state index contributed by atoms with van der Waals surface area (Å²) in [6.45, 7) is 9.50. The molecule has 2 aliphatic carbocycles. The zero-order valence-corrected chi connectivity index (χ0v) is 28.8. The Kier molecular flexibility index (Phi) is 6.01. The molecule has 0 aliphatic heterocycles. The van der Waals surface area contributed by atoms with Gasteiger partial charge in [0.2, 0.25) is 0 Å². The van der Waals surface area contributed by atoms with Crippen LogP contribution in [0.5, 0.6) is 0 Å². The average Bonchev–Trinajstić information content (AvgIpc) is 3.72. The van der Waals surface area contributed by atoms with Gasteiger partial charge in [0.1, 0.15) is 11.2 Å². The van der Waals surface area contributed by atoms with Crippen molar-refractivity contribution >= 4 is 39.0 Å². The number of fused-ring (bicyclic) bond motifs is 9. The largest absolute Gasteiger partial charge is 0.456 e. The van der Waals surface area contributed by atoms with E-state index in [1.165, 1.54) is 61.4 Å². The molecular weight excluding hydrogens is 607 g/mol. The van der Waals surface area contributed by atoms with E-state index in [2.05, 4.69) is 178 Å². The minimum atomic E-state index is -0.195. The first kappa shape index (κ1) is 29.1. The Hall–Kier alpha value is -5.86. The summed E-state index contributed by atoms with van der Waals surface area (Å²) in [6, 6.07) is 55.6. The Morgan fingerprint density at radius 3 is 1.84 bits per heavy atom. The zero-order chi connectivity index (χ0) is 33.8. The number of rotatable bonds is 4. The highest BCUT2D eigenvalue weighted by atomic mass is 16.3. The standard InChI is InChI=1S/C48H37NO/c1-47(2)38-21-10-6-18-35(38)45-39(47)22-14-24-41(45)49(42-25-13-19-34-32-16-5-9-20-37(32)48(3,4)46(34)42)40-23-11-7-15-31(40)30-27-28-44-36(29-30)33-17-8-12-26-43(33)50-44/h5-29H,1-4H3. The van der Waals surface area contributed by atoms with Gasteiger partial charge in [-0.3, -0.25) is 0 Å². The molecule has 0 fully saturated rings. The maximum absolute atomic E-state index is 6.26. The number of para-hydroxylation sites is 2. The molecule has 8 aromatic rings. The minimum absolute atomic E-state index is 0.116. The van der Waals surface area contributed by atoms with Crippen LogP contribution in [-0.4, -0.2) is 0 Å². The molecule has 10 rings (SSSR count). The van der Waals surface area contributed by atoms with Crippen LogP contribution in [0.2, 0.25) is 0 Å². The van der Waals surface area contributed by atoms with Gasteiger partial charge in [0.15, 0.2) is 0 Å². The van der Waals surface area contributed by atoms with E-state index >= 15 is 0 Å². The van der Waals surface area contributed by atoms with Gasteiger partial charge in [0, 0.05) is 32.7 Å². The SMILES string of the molecule is CC1(C)c2ccccc2-c2c(N(c3ccccc3-c3ccc4oc5ccccc5c4c3)c3cccc4c3C(C)(C)c3ccccc3-4)cccc21. The molecule has 0 atom stereocenters. The number of benzene rings is 7. The zero-order valence-electron chi connectivity index (χ0n) is 28.8. The van der Waals surface area contributed by atoms with Crippen LogP contribution in [-0.2, 0) is 10.8 Å². The third-order valence-electron chi connectivity index (χ3n) is 11.5. The van der Waals surface area contributed by atoms with E-state index in [0.29, 0.717) is 0 Å². The van der Waals surface area contributed by atoms with Crippen LogP contribution in [0.25, 0.3) is 55.3 Å². The van der Waals surface area contributed by atoms with Crippen LogP contribution in [0.3, 0.4) is 0 Å². The van der Waals surface area contributed by atoms with Crippen LogP contribution < -0.4 is 4.90 Å². The smallest absolute Gasteiger partial charge is 0.135 e. The van der Waals surface area contributed by atoms with E-state index in [1.54, 1.807) is 0 Å². The molecule has 1 aromatic heterocycles. The predicted octanol–water partition coefficient (Wildman–Crippen LogP) is 13.3. The molecule has 0 bridgehead atoms. The van der Waals surface area contributed by atoms with Gasteiger partial charge in [-0.05, 0) is 80.9 Å². The Labute approximate surface area is 293 Å². The third kappa shape index (κ3) is 3.91. The van der Waals surface area contributed by atoms with Gasteiger partial charge in [0.05, 0.1) is 17.1 Å². The van der Waals surface area contributed by atoms with Crippen molar-refractivity contribution < 1.29 is 4.42 Å². The lowest BCUT2D eigenvalue weighted by Gasteiger charge is -2.34. The maximum atomic E-state index is 6.26. The van der Waals surface area contributed by atoms with Crippen LogP contribution in [0.4, 0.5) is 17.1 Å². The topological polar surface area (TPSA) is 16.4 Å². The number of hydrogen-bond donors (Lipinski definition) is 0. The lowest BCUT2D eigenvalue weighted by Crippen LogP contribution is -2.21. The van der Waals surface area contributed by atoms with Crippen molar-refractivity contribution in [3.05, 3.63) is 174 Å². The molecule has 240 valence electrons. The van der Waals surface area contributed by atoms with E-state index < -0.39 is 0 Å². The molecule has 0 radical (unpaired) electrons. The molecule has 0 amide bonds. The predicted molar refractivity (Wildman–Crippen MR) is 209 cm³/mol. The quantitative estimate of drug-likeness (QED) is 0.190. The molecule has 2 heteroatoms. The molecule has 1 heterocycles. The van der Waals surface area contributed by atoms with Crippen LogP contribution >= 0.6 is 0 Å². The van der Waals surface area contributed by atoms with E-state index in [1.807, 2.05) is 6.07 Å². The molecule has 0 unspecified atom stereocenters. The van der Waals surface area contributed by atoms with Crippen molar-refractivity contribution in [2.75, 3.05) is 4.90 Å². The van der Waals surface area contributed by atoms with Crippen molar-refractivity contribution in [2.24, 2.45) is 0 Å². The van der Waals surface area contributed by atoms with Gasteiger partial charge in [0.25, 0.3) is 0 Å². The molecule has 0 saturated heterocycles. The first-order valence-corrected chi connectivity index (χ1v) is 17.6. The average molecular weight is 644 g/mol. The lowest BCUT2D eigenvalue weighted by atomic mass is 9.81. The fourth-order valence-electron chi connectivity index (χ4n) is 9.12. The first-order chi connectivity index (χ1) is 24.3. The summed E-state index contributed by atoms with van der Waals surface area (Å²) >= 11 is 0. The lowest BCUT2D eigenvalue weighted by molar-refractivity contribution is 0.659. The van der Waals surface area contributed by atoms with Crippen LogP contribution in [0.1, 0.15) is 49.9 Å². The highest BCUT2D eigenvalue weighted by Crippen LogP contribution is 2.58. The normalized spacial score (nSPS) is 14.7. The van der Waals surface area contributed by atoms with Gasteiger partial charge in [-0.2, -0.15) is 0 Å². The van der Waals surface area contributed by atoms with Crippen molar-refractivity contribution in [3.8, 4) is 33.4 Å². The monoisotopic (exact) mass is 643 g/mol. The fraction of sp³-hybridized carbons (Fsp3) is 0.125. The Morgan fingerprint density at radius 2 is 1.00 bits per heavy atom. The fourth-order valence-corrected chi connectivity index (χ4v) is 9.12. The third-order valence-corrected chi connectivity index (χ3v) is 11.5. The van der Waals surface area contributed by atoms with E-state index in [-0.39, 0.29) is 10.8 Å². The summed E-state index contributed by atoms with van der Waals surface area (Å²) in [5.41, 5.74) is 18.1. The molecular formula is C48H37NO. The second-order valence-corrected chi connectivity index (χ2v) is 14.9. The number of furan rings is 1. The highest BCUT2D eigenvalue weighted by molar-refractivity contribution is 6.07. The molecule has 0 spiro atoms. The molecule has 0 saturated carbocycles. The molecule has 2 aliphatic rings. The number of hydrogen-bond acceptors (Lipinski definition) is 2. The summed E-state index contributed by atoms with van der Waals surface area (Å²) in [4.78, 5) is 2.57. The molecule has 50 heavy (non-hydrogen) atoms. The van der Waals surface area contributed by atoms with Crippen LogP contribution in [0.15, 0.2) is 156 Å². The number of nitrogens with zero attached hydrogens (tertiary/aromatic N) is 1. The summed E-state index contributed by atoms with van der Waals surface area (Å²) in [5.74, 6) is 0. The molecule has 0 N–H and O–H groups in total. The van der Waals surface area contributed by atoms with Gasteiger partial charge < -0.3 is 9.32 Å². The van der Waals surface area contributed by atoms with Gasteiger partial charge in [-0.25, -0.2) is 0 Å². The number of anilines is 3. The molecule has 7 aromatic carbocycles. The Morgan fingerprint density at radius 1 is 0.420 bits per heavy atom. The van der Waals surface area contributed by atoms with E-state index in [9.17, 15) is 0 Å². The van der Waals surface area contributed by atoms with Gasteiger partial charge in [-0.1, -0.05) is 143 Å². The van der Waals surface area contributed by atoms with E-state index in [0.717, 1.165) is 33.2 Å². The van der Waals surface area contributed by atoms with Crippen molar-refractivity contribution in [3.63, 3.8) is 0 Å². The van der Waals surface area contributed by atoms with Crippen molar-refractivity contribution in [1.82, 2.24) is 0 Å². The summed E-state index contributed by atoms with van der Waals surface area (Å²) in [7, 11) is 0. The summed E-state index contributed by atoms with van der Waals surface area (Å²) < 4.78 is 6.26. The second-order valence-electron chi connectivity index (χ2n) is 14.9. The van der Waals surface area contributed by atoms with Gasteiger partial charge in [-0.15, -0.1) is 0 Å². The Bertz CT molecular complexity index is 2670. The highest BCUT2D eigenvalue weighted by Gasteiger charge is 2.41. The van der Waals surface area contributed by atoms with Crippen LogP contribution in [0, 0.1) is 0 Å². The summed E-state index contributed by atoms with van der Waals surface area (Å²) in [6.07, 6.45) is 0. The maximum Gasteiger partial charge on any atom is 0.135 e. The first-order valence-electron chi connectivity index (χ1n) is 17.6. The van der Waals surface area contributed by atoms with Gasteiger partial charge >= 0.3 is 0 Å².